The van der Waals surface area contributed by atoms with Crippen LogP contribution in [0.4, 0.5) is 0 Å². The van der Waals surface area contributed by atoms with Crippen LogP contribution in [0, 0.1) is 0 Å². The molecule has 4 rings (SSSR count). The second kappa shape index (κ2) is 6.11. The molecule has 1 aromatic rings. The van der Waals surface area contributed by atoms with Crippen LogP contribution in [-0.2, 0) is 34.5 Å². The Morgan fingerprint density at radius 3 is 2.24 bits per heavy atom. The Labute approximate surface area is 150 Å². The molecule has 0 aliphatic carbocycles. The third kappa shape index (κ3) is 3.29. The molecule has 138 valence electrons. The number of ether oxygens (including phenoxy) is 5. The highest BCUT2D eigenvalue weighted by Gasteiger charge is 2.60. The van der Waals surface area contributed by atoms with Crippen LogP contribution in [0.25, 0.3) is 0 Å². The Hall–Kier alpha value is -0.830. The monoisotopic (exact) mass is 368 g/mol. The summed E-state index contributed by atoms with van der Waals surface area (Å²) in [6, 6.07) is 9.29. The van der Waals surface area contributed by atoms with Crippen molar-refractivity contribution in [1.29, 1.82) is 0 Å². The summed E-state index contributed by atoms with van der Waals surface area (Å²) in [6.45, 7) is 7.88. The van der Waals surface area contributed by atoms with Gasteiger partial charge in [-0.1, -0.05) is 18.2 Å². The molecule has 0 amide bonds. The molecule has 1 aromatic carbocycles. The van der Waals surface area contributed by atoms with Gasteiger partial charge in [0.25, 0.3) is 0 Å². The zero-order chi connectivity index (χ0) is 17.8. The molecule has 3 fully saturated rings. The van der Waals surface area contributed by atoms with Crippen molar-refractivity contribution in [3.05, 3.63) is 30.3 Å². The van der Waals surface area contributed by atoms with Crippen LogP contribution in [0.15, 0.2) is 35.2 Å². The van der Waals surface area contributed by atoms with E-state index in [0.717, 1.165) is 0 Å². The third-order valence-corrected chi connectivity index (χ3v) is 6.17. The molecular weight excluding hydrogens is 344 g/mol. The van der Waals surface area contributed by atoms with Crippen LogP contribution in [-0.4, -0.2) is 52.2 Å². The van der Waals surface area contributed by atoms with Gasteiger partial charge in [0, 0.05) is 4.90 Å². The fourth-order valence-corrected chi connectivity index (χ4v) is 5.01. The second-order valence-corrected chi connectivity index (χ2v) is 9.04. The third-order valence-electron chi connectivity index (χ3n) is 4.63. The molecule has 0 aromatic heterocycles. The molecule has 3 aliphatic rings. The molecule has 3 aliphatic heterocycles. The molecule has 7 heteroatoms. The fourth-order valence-electron chi connectivity index (χ4n) is 3.63. The van der Waals surface area contributed by atoms with Gasteiger partial charge in [0.05, 0.1) is 17.4 Å². The van der Waals surface area contributed by atoms with E-state index in [2.05, 4.69) is 0 Å². The summed E-state index contributed by atoms with van der Waals surface area (Å²) in [5, 5.41) is 0. The van der Waals surface area contributed by atoms with Crippen LogP contribution in [0.2, 0.25) is 0 Å². The minimum atomic E-state index is -1.37. The molecule has 0 radical (unpaired) electrons. The van der Waals surface area contributed by atoms with E-state index in [1.165, 1.54) is 0 Å². The first-order valence-electron chi connectivity index (χ1n) is 8.54. The van der Waals surface area contributed by atoms with E-state index >= 15 is 0 Å². The number of fused-ring (bicyclic) bond motifs is 1. The summed E-state index contributed by atoms with van der Waals surface area (Å²) in [4.78, 5) is 0.712. The van der Waals surface area contributed by atoms with Crippen LogP contribution in [0.1, 0.15) is 27.7 Å². The standard InChI is InChI=1S/C18H24O6S/c1-17(2)20-10-12(22-17)13-14-15(24-18(3,4)23-14)16(21-13)25(19)11-8-6-5-7-9-11/h5-9,12-16H,10H2,1-4H3/t12-,13-,14+,15+,16+,25?/m1/s1. The lowest BCUT2D eigenvalue weighted by molar-refractivity contribution is -0.198. The van der Waals surface area contributed by atoms with Crippen molar-refractivity contribution in [1.82, 2.24) is 0 Å². The summed E-state index contributed by atoms with van der Waals surface area (Å²) in [6.07, 6.45) is -1.41. The second-order valence-electron chi connectivity index (χ2n) is 7.51. The van der Waals surface area contributed by atoms with Gasteiger partial charge in [-0.25, -0.2) is 0 Å². The average molecular weight is 368 g/mol. The van der Waals surface area contributed by atoms with Crippen molar-refractivity contribution in [2.45, 2.75) is 74.0 Å². The topological polar surface area (TPSA) is 63.2 Å². The molecule has 6 nitrogen and oxygen atoms in total. The van der Waals surface area contributed by atoms with Crippen LogP contribution in [0.3, 0.4) is 0 Å². The average Bonchev–Trinajstić information content (AvgIpc) is 3.17. The van der Waals surface area contributed by atoms with Gasteiger partial charge in [-0.05, 0) is 39.8 Å². The minimum Gasteiger partial charge on any atom is -0.353 e. The number of benzene rings is 1. The van der Waals surface area contributed by atoms with Crippen LogP contribution < -0.4 is 0 Å². The fraction of sp³-hybridized carbons (Fsp3) is 0.667. The van der Waals surface area contributed by atoms with Gasteiger partial charge in [-0.2, -0.15) is 0 Å². The zero-order valence-electron chi connectivity index (χ0n) is 14.8. The maximum absolute atomic E-state index is 13.1. The van der Waals surface area contributed by atoms with Crippen LogP contribution in [0.5, 0.6) is 0 Å². The van der Waals surface area contributed by atoms with Crippen molar-refractivity contribution in [3.63, 3.8) is 0 Å². The molecule has 0 saturated carbocycles. The van der Waals surface area contributed by atoms with Crippen molar-refractivity contribution in [2.24, 2.45) is 0 Å². The Kier molecular flexibility index (Phi) is 4.30. The highest BCUT2D eigenvalue weighted by molar-refractivity contribution is 7.85. The van der Waals surface area contributed by atoms with Gasteiger partial charge in [0.15, 0.2) is 17.0 Å². The first-order chi connectivity index (χ1) is 11.8. The number of hydrogen-bond donors (Lipinski definition) is 0. The normalized spacial score (nSPS) is 40.1. The molecular formula is C18H24O6S. The highest BCUT2D eigenvalue weighted by atomic mass is 32.2. The van der Waals surface area contributed by atoms with E-state index in [-0.39, 0.29) is 18.3 Å². The maximum Gasteiger partial charge on any atom is 0.166 e. The quantitative estimate of drug-likeness (QED) is 0.815. The van der Waals surface area contributed by atoms with Gasteiger partial charge in [0.2, 0.25) is 0 Å². The van der Waals surface area contributed by atoms with Crippen molar-refractivity contribution >= 4 is 10.8 Å². The maximum atomic E-state index is 13.1. The predicted octanol–water partition coefficient (Wildman–Crippen LogP) is 2.19. The summed E-state index contributed by atoms with van der Waals surface area (Å²) >= 11 is 0. The van der Waals surface area contributed by atoms with Gasteiger partial charge in [-0.15, -0.1) is 0 Å². The summed E-state index contributed by atoms with van der Waals surface area (Å²) < 4.78 is 43.0. The largest absolute Gasteiger partial charge is 0.353 e. The summed E-state index contributed by atoms with van der Waals surface area (Å²) in [5.74, 6) is -1.40. The predicted molar refractivity (Wildman–Crippen MR) is 90.2 cm³/mol. The summed E-state index contributed by atoms with van der Waals surface area (Å²) in [7, 11) is -1.37. The Morgan fingerprint density at radius 1 is 0.920 bits per heavy atom. The lowest BCUT2D eigenvalue weighted by Gasteiger charge is -2.26. The number of rotatable bonds is 3. The molecule has 0 spiro atoms. The molecule has 1 unspecified atom stereocenters. The molecule has 0 bridgehead atoms. The molecule has 6 atom stereocenters. The lowest BCUT2D eigenvalue weighted by Crippen LogP contribution is -2.40. The van der Waals surface area contributed by atoms with Gasteiger partial charge < -0.3 is 23.7 Å². The zero-order valence-corrected chi connectivity index (χ0v) is 15.7. The van der Waals surface area contributed by atoms with E-state index in [0.29, 0.717) is 11.5 Å². The van der Waals surface area contributed by atoms with Gasteiger partial charge in [-0.3, -0.25) is 4.21 Å². The number of hydrogen-bond acceptors (Lipinski definition) is 6. The van der Waals surface area contributed by atoms with Crippen molar-refractivity contribution < 1.29 is 27.9 Å². The Morgan fingerprint density at radius 2 is 1.60 bits per heavy atom. The van der Waals surface area contributed by atoms with Gasteiger partial charge in [0.1, 0.15) is 24.4 Å². The van der Waals surface area contributed by atoms with E-state index in [9.17, 15) is 4.21 Å². The van der Waals surface area contributed by atoms with Gasteiger partial charge >= 0.3 is 0 Å². The van der Waals surface area contributed by atoms with E-state index in [4.69, 9.17) is 23.7 Å². The van der Waals surface area contributed by atoms with Crippen molar-refractivity contribution in [2.75, 3.05) is 6.61 Å². The highest BCUT2D eigenvalue weighted by Crippen LogP contribution is 2.43. The first kappa shape index (κ1) is 17.6. The molecule has 25 heavy (non-hydrogen) atoms. The van der Waals surface area contributed by atoms with E-state index < -0.39 is 33.9 Å². The Balaban J connectivity index is 1.60. The lowest BCUT2D eigenvalue weighted by atomic mass is 10.1. The Bertz CT molecular complexity index is 661. The molecule has 3 heterocycles. The first-order valence-corrected chi connectivity index (χ1v) is 9.76. The van der Waals surface area contributed by atoms with Crippen molar-refractivity contribution in [3.8, 4) is 0 Å². The molecule has 3 saturated heterocycles. The van der Waals surface area contributed by atoms with E-state index in [1.807, 2.05) is 58.0 Å². The van der Waals surface area contributed by atoms with Crippen LogP contribution >= 0.6 is 0 Å². The minimum absolute atomic E-state index is 0.280. The SMILES string of the molecule is CC1(C)O[C@@H]2[C@H](O1)[C@H](S(=O)c1ccccc1)O[C@@H]2[C@H]1COC(C)(C)O1. The van der Waals surface area contributed by atoms with E-state index in [1.54, 1.807) is 0 Å². The smallest absolute Gasteiger partial charge is 0.166 e. The molecule has 0 N–H and O–H groups in total. The summed E-state index contributed by atoms with van der Waals surface area (Å²) in [5.41, 5.74) is -0.605.